The number of halogens is 2. The zero-order valence-corrected chi connectivity index (χ0v) is 21.9. The van der Waals surface area contributed by atoms with E-state index in [-0.39, 0.29) is 5.91 Å². The van der Waals surface area contributed by atoms with Gasteiger partial charge in [0.25, 0.3) is 0 Å². The van der Waals surface area contributed by atoms with E-state index in [0.29, 0.717) is 23.0 Å². The Morgan fingerprint density at radius 2 is 1.89 bits per heavy atom. The van der Waals surface area contributed by atoms with Crippen molar-refractivity contribution in [3.8, 4) is 0 Å². The summed E-state index contributed by atoms with van der Waals surface area (Å²) in [5.41, 5.74) is 6.82. The van der Waals surface area contributed by atoms with Crippen molar-refractivity contribution in [3.63, 3.8) is 0 Å². The molecule has 0 saturated carbocycles. The molecule has 0 saturated heterocycles. The van der Waals surface area contributed by atoms with E-state index in [1.54, 1.807) is 6.07 Å². The molecule has 36 heavy (non-hydrogen) atoms. The van der Waals surface area contributed by atoms with Gasteiger partial charge >= 0.3 is 0 Å². The van der Waals surface area contributed by atoms with Crippen LogP contribution in [0.3, 0.4) is 0 Å². The highest BCUT2D eigenvalue weighted by molar-refractivity contribution is 6.39. The molecule has 3 N–H and O–H groups in total. The summed E-state index contributed by atoms with van der Waals surface area (Å²) in [5.74, 6) is 0.126. The third-order valence-corrected chi connectivity index (χ3v) is 7.57. The maximum atomic E-state index is 12.3. The van der Waals surface area contributed by atoms with Crippen molar-refractivity contribution in [3.05, 3.63) is 69.5 Å². The van der Waals surface area contributed by atoms with Crippen molar-refractivity contribution in [2.24, 2.45) is 0 Å². The summed E-state index contributed by atoms with van der Waals surface area (Å²) in [6, 6.07) is 12.0. The normalized spacial score (nSPS) is 13.2. The second-order valence-electron chi connectivity index (χ2n) is 9.60. The molecule has 0 radical (unpaired) electrons. The maximum absolute atomic E-state index is 12.3. The predicted molar refractivity (Wildman–Crippen MR) is 150 cm³/mol. The van der Waals surface area contributed by atoms with Crippen molar-refractivity contribution in [1.29, 1.82) is 0 Å². The molecule has 7 heteroatoms. The fourth-order valence-corrected chi connectivity index (χ4v) is 5.81. The van der Waals surface area contributed by atoms with E-state index in [1.165, 1.54) is 35.0 Å². The third-order valence-electron chi connectivity index (χ3n) is 7.05. The standard InChI is InChI=1S/C29H32Cl2N4O/c30-20-16-23(31)28-26(17-20)35-25-11-6-4-9-22(25)29(28)33-14-7-1-2-12-27(36)32-15-13-19-18-34-24-10-5-3-8-21(19)24/h3,5,8,10,16-18,34H,1-2,4,6-7,9,11-15H2,(H,32,36)(H,33,35). The van der Waals surface area contributed by atoms with Crippen LogP contribution >= 0.6 is 23.2 Å². The Morgan fingerprint density at radius 3 is 2.81 bits per heavy atom. The maximum Gasteiger partial charge on any atom is 0.220 e. The zero-order valence-electron chi connectivity index (χ0n) is 20.4. The van der Waals surface area contributed by atoms with Crippen molar-refractivity contribution in [2.45, 2.75) is 57.8 Å². The highest BCUT2D eigenvalue weighted by Crippen LogP contribution is 2.38. The number of nitrogens with one attached hydrogen (secondary N) is 3. The lowest BCUT2D eigenvalue weighted by atomic mass is 9.92. The number of carbonyl (C=O) groups is 1. The van der Waals surface area contributed by atoms with E-state index in [2.05, 4.69) is 27.8 Å². The van der Waals surface area contributed by atoms with Crippen molar-refractivity contribution in [1.82, 2.24) is 15.3 Å². The second kappa shape index (κ2) is 11.5. The summed E-state index contributed by atoms with van der Waals surface area (Å²) in [5, 5.41) is 10.2. The summed E-state index contributed by atoms with van der Waals surface area (Å²) >= 11 is 12.8. The van der Waals surface area contributed by atoms with Crippen LogP contribution in [0, 0.1) is 0 Å². The van der Waals surface area contributed by atoms with Crippen LogP contribution < -0.4 is 10.6 Å². The van der Waals surface area contributed by atoms with Gasteiger partial charge in [-0.25, -0.2) is 0 Å². The topological polar surface area (TPSA) is 69.8 Å². The number of amides is 1. The largest absolute Gasteiger partial charge is 0.384 e. The van der Waals surface area contributed by atoms with Crippen molar-refractivity contribution in [2.75, 3.05) is 18.4 Å². The zero-order chi connectivity index (χ0) is 24.9. The fraction of sp³-hybridized carbons (Fsp3) is 0.379. The first-order chi connectivity index (χ1) is 17.6. The van der Waals surface area contributed by atoms with Gasteiger partial charge in [-0.3, -0.25) is 9.78 Å². The molecule has 2 aromatic carbocycles. The molecule has 0 unspecified atom stereocenters. The van der Waals surface area contributed by atoms with Crippen LogP contribution in [0.1, 0.15) is 55.3 Å². The molecule has 5 nitrogen and oxygen atoms in total. The Kier molecular flexibility index (Phi) is 7.98. The SMILES string of the molecule is O=C(CCCCCNc1c2c(nc3cc(Cl)cc(Cl)c13)CCCC2)NCCc1c[nH]c2ccccc12. The number of aromatic nitrogens is 2. The number of benzene rings is 2. The van der Waals surface area contributed by atoms with Crippen molar-refractivity contribution < 1.29 is 4.79 Å². The van der Waals surface area contributed by atoms with Gasteiger partial charge in [-0.1, -0.05) is 47.8 Å². The molecule has 0 bridgehead atoms. The smallest absolute Gasteiger partial charge is 0.220 e. The number of pyridine rings is 1. The van der Waals surface area contributed by atoms with Gasteiger partial charge in [0.2, 0.25) is 5.91 Å². The molecule has 0 atom stereocenters. The molecule has 4 aromatic rings. The molecule has 2 aromatic heterocycles. The average molecular weight is 524 g/mol. The average Bonchev–Trinajstić information content (AvgIpc) is 3.28. The number of nitrogens with zero attached hydrogens (tertiary/aromatic N) is 1. The molecule has 1 aliphatic rings. The van der Waals surface area contributed by atoms with Crippen LogP contribution in [0.2, 0.25) is 10.0 Å². The van der Waals surface area contributed by atoms with Gasteiger partial charge in [-0.2, -0.15) is 0 Å². The highest BCUT2D eigenvalue weighted by atomic mass is 35.5. The van der Waals surface area contributed by atoms with Gasteiger partial charge in [0.1, 0.15) is 0 Å². The Labute approximate surface area is 222 Å². The number of carbonyl (C=O) groups excluding carboxylic acids is 1. The Bertz CT molecular complexity index is 1380. The van der Waals surface area contributed by atoms with Gasteiger partial charge in [-0.05, 0) is 74.3 Å². The number of unbranched alkanes of at least 4 members (excludes halogenated alkanes) is 2. The van der Waals surface area contributed by atoms with E-state index in [9.17, 15) is 4.79 Å². The van der Waals surface area contributed by atoms with Gasteiger partial charge in [0.05, 0.1) is 16.2 Å². The Morgan fingerprint density at radius 1 is 1.03 bits per heavy atom. The van der Waals surface area contributed by atoms with E-state index in [0.717, 1.165) is 67.2 Å². The summed E-state index contributed by atoms with van der Waals surface area (Å²) in [4.78, 5) is 20.5. The summed E-state index contributed by atoms with van der Waals surface area (Å²) in [6.45, 7) is 1.50. The number of aryl methyl sites for hydroxylation is 1. The van der Waals surface area contributed by atoms with Gasteiger partial charge < -0.3 is 15.6 Å². The first-order valence-electron chi connectivity index (χ1n) is 13.0. The number of para-hydroxylation sites is 1. The summed E-state index contributed by atoms with van der Waals surface area (Å²) in [6.07, 6.45) is 10.7. The summed E-state index contributed by atoms with van der Waals surface area (Å²) < 4.78 is 0. The number of hydrogen-bond donors (Lipinski definition) is 3. The molecule has 0 aliphatic heterocycles. The highest BCUT2D eigenvalue weighted by Gasteiger charge is 2.20. The Balaban J connectivity index is 1.08. The molecule has 5 rings (SSSR count). The number of fused-ring (bicyclic) bond motifs is 3. The first kappa shape index (κ1) is 24.9. The van der Waals surface area contributed by atoms with Crippen LogP contribution in [0.4, 0.5) is 5.69 Å². The number of rotatable bonds is 10. The van der Waals surface area contributed by atoms with Gasteiger partial charge in [0, 0.05) is 52.7 Å². The number of H-pyrrole nitrogens is 1. The molecule has 2 heterocycles. The lowest BCUT2D eigenvalue weighted by Crippen LogP contribution is -2.25. The summed E-state index contributed by atoms with van der Waals surface area (Å²) in [7, 11) is 0. The van der Waals surface area contributed by atoms with E-state index < -0.39 is 0 Å². The monoisotopic (exact) mass is 522 g/mol. The van der Waals surface area contributed by atoms with Crippen molar-refractivity contribution >= 4 is 56.6 Å². The van der Waals surface area contributed by atoms with Crippen LogP contribution in [-0.2, 0) is 24.1 Å². The minimum atomic E-state index is 0.126. The molecule has 188 valence electrons. The minimum absolute atomic E-state index is 0.126. The van der Waals surface area contributed by atoms with Gasteiger partial charge in [-0.15, -0.1) is 0 Å². The van der Waals surface area contributed by atoms with E-state index in [1.807, 2.05) is 24.4 Å². The third kappa shape index (κ3) is 5.63. The van der Waals surface area contributed by atoms with Crippen LogP contribution in [0.5, 0.6) is 0 Å². The van der Waals surface area contributed by atoms with E-state index >= 15 is 0 Å². The predicted octanol–water partition coefficient (Wildman–Crippen LogP) is 7.23. The number of anilines is 1. The van der Waals surface area contributed by atoms with E-state index in [4.69, 9.17) is 28.2 Å². The molecule has 0 spiro atoms. The lowest BCUT2D eigenvalue weighted by molar-refractivity contribution is -0.121. The van der Waals surface area contributed by atoms with Crippen LogP contribution in [0.25, 0.3) is 21.8 Å². The number of aromatic amines is 1. The van der Waals surface area contributed by atoms with Crippen LogP contribution in [0.15, 0.2) is 42.6 Å². The molecule has 1 amide bonds. The van der Waals surface area contributed by atoms with Crippen LogP contribution in [-0.4, -0.2) is 29.0 Å². The minimum Gasteiger partial charge on any atom is -0.384 e. The molecular weight excluding hydrogens is 491 g/mol. The lowest BCUT2D eigenvalue weighted by Gasteiger charge is -2.22. The Hall–Kier alpha value is -2.76. The van der Waals surface area contributed by atoms with Gasteiger partial charge in [0.15, 0.2) is 0 Å². The molecular formula is C29H32Cl2N4O. The second-order valence-corrected chi connectivity index (χ2v) is 10.4. The first-order valence-corrected chi connectivity index (χ1v) is 13.7. The molecule has 1 aliphatic carbocycles. The number of hydrogen-bond acceptors (Lipinski definition) is 3. The fourth-order valence-electron chi connectivity index (χ4n) is 5.23. The quantitative estimate of drug-likeness (QED) is 0.192. The molecule has 0 fully saturated rings.